The van der Waals surface area contributed by atoms with Crippen LogP contribution in [0.3, 0.4) is 0 Å². The van der Waals surface area contributed by atoms with Gasteiger partial charge in [0.25, 0.3) is 0 Å². The number of aliphatic carboxylic acids is 1. The zero-order valence-corrected chi connectivity index (χ0v) is 14.0. The van der Waals surface area contributed by atoms with Crippen molar-refractivity contribution in [1.29, 1.82) is 0 Å². The molecule has 0 radical (unpaired) electrons. The molecule has 0 fully saturated rings. The van der Waals surface area contributed by atoms with Gasteiger partial charge in [0.1, 0.15) is 0 Å². The SMILES string of the molecule is Cc1cccc(CC(CNC(=O)Cc2csc(C)n2)C(=O)O)c1. The predicted octanol–water partition coefficient (Wildman–Crippen LogP) is 2.36. The van der Waals surface area contributed by atoms with E-state index in [4.69, 9.17) is 0 Å². The van der Waals surface area contributed by atoms with Crippen molar-refractivity contribution in [3.8, 4) is 0 Å². The molecule has 0 aliphatic carbocycles. The van der Waals surface area contributed by atoms with Gasteiger partial charge in [-0.15, -0.1) is 11.3 Å². The number of rotatable bonds is 7. The Labute approximate surface area is 139 Å². The molecule has 23 heavy (non-hydrogen) atoms. The van der Waals surface area contributed by atoms with E-state index in [2.05, 4.69) is 10.3 Å². The lowest BCUT2D eigenvalue weighted by Gasteiger charge is -2.13. The fourth-order valence-corrected chi connectivity index (χ4v) is 2.94. The average molecular weight is 332 g/mol. The molecular weight excluding hydrogens is 312 g/mol. The number of thiazole rings is 1. The number of carboxylic acids is 1. The molecule has 1 atom stereocenters. The maximum atomic E-state index is 11.9. The van der Waals surface area contributed by atoms with E-state index in [-0.39, 0.29) is 18.9 Å². The highest BCUT2D eigenvalue weighted by molar-refractivity contribution is 7.09. The van der Waals surface area contributed by atoms with Crippen LogP contribution in [0.2, 0.25) is 0 Å². The summed E-state index contributed by atoms with van der Waals surface area (Å²) < 4.78 is 0. The van der Waals surface area contributed by atoms with Crippen LogP contribution in [0.1, 0.15) is 21.8 Å². The highest BCUT2D eigenvalue weighted by atomic mass is 32.1. The van der Waals surface area contributed by atoms with Gasteiger partial charge in [0.2, 0.25) is 5.91 Å². The predicted molar refractivity (Wildman–Crippen MR) is 89.6 cm³/mol. The Balaban J connectivity index is 1.89. The van der Waals surface area contributed by atoms with Crippen molar-refractivity contribution < 1.29 is 14.7 Å². The van der Waals surface area contributed by atoms with Gasteiger partial charge in [-0.2, -0.15) is 0 Å². The van der Waals surface area contributed by atoms with Gasteiger partial charge >= 0.3 is 5.97 Å². The number of carbonyl (C=O) groups excluding carboxylic acids is 1. The van der Waals surface area contributed by atoms with E-state index in [1.807, 2.05) is 43.5 Å². The molecule has 0 bridgehead atoms. The quantitative estimate of drug-likeness (QED) is 0.816. The monoisotopic (exact) mass is 332 g/mol. The number of nitrogens with zero attached hydrogens (tertiary/aromatic N) is 1. The largest absolute Gasteiger partial charge is 0.481 e. The molecule has 0 spiro atoms. The second kappa shape index (κ2) is 7.87. The number of aromatic nitrogens is 1. The van der Waals surface area contributed by atoms with E-state index in [1.165, 1.54) is 11.3 Å². The number of carbonyl (C=O) groups is 2. The maximum absolute atomic E-state index is 11.9. The summed E-state index contributed by atoms with van der Waals surface area (Å²) in [5, 5.41) is 14.8. The van der Waals surface area contributed by atoms with Crippen molar-refractivity contribution in [2.75, 3.05) is 6.54 Å². The number of hydrogen-bond donors (Lipinski definition) is 2. The summed E-state index contributed by atoms with van der Waals surface area (Å²) in [5.41, 5.74) is 2.77. The molecule has 2 rings (SSSR count). The molecule has 6 heteroatoms. The minimum absolute atomic E-state index is 0.116. The molecule has 0 saturated carbocycles. The minimum Gasteiger partial charge on any atom is -0.481 e. The lowest BCUT2D eigenvalue weighted by molar-refractivity contribution is -0.141. The summed E-state index contributed by atoms with van der Waals surface area (Å²) in [6.45, 7) is 3.97. The van der Waals surface area contributed by atoms with Crippen LogP contribution in [-0.2, 0) is 22.4 Å². The Hall–Kier alpha value is -2.21. The van der Waals surface area contributed by atoms with Crippen LogP contribution in [0.4, 0.5) is 0 Å². The summed E-state index contributed by atoms with van der Waals surface area (Å²) in [6.07, 6.45) is 0.578. The minimum atomic E-state index is -0.906. The first-order chi connectivity index (χ1) is 10.9. The molecular formula is C17H20N2O3S. The van der Waals surface area contributed by atoms with Gasteiger partial charge in [0, 0.05) is 11.9 Å². The molecule has 0 aliphatic rings. The van der Waals surface area contributed by atoms with Crippen LogP contribution in [0.5, 0.6) is 0 Å². The number of amides is 1. The average Bonchev–Trinajstić information content (AvgIpc) is 2.88. The van der Waals surface area contributed by atoms with Crippen LogP contribution in [-0.4, -0.2) is 28.5 Å². The van der Waals surface area contributed by atoms with Crippen LogP contribution < -0.4 is 5.32 Å². The lowest BCUT2D eigenvalue weighted by Crippen LogP contribution is -2.35. The Kier molecular flexibility index (Phi) is 5.87. The van der Waals surface area contributed by atoms with Crippen molar-refractivity contribution >= 4 is 23.2 Å². The highest BCUT2D eigenvalue weighted by Gasteiger charge is 2.19. The fourth-order valence-electron chi connectivity index (χ4n) is 2.32. The van der Waals surface area contributed by atoms with E-state index in [9.17, 15) is 14.7 Å². The third-order valence-corrected chi connectivity index (χ3v) is 4.29. The molecule has 122 valence electrons. The summed E-state index contributed by atoms with van der Waals surface area (Å²) in [6, 6.07) is 7.75. The van der Waals surface area contributed by atoms with Gasteiger partial charge in [-0.3, -0.25) is 9.59 Å². The zero-order valence-electron chi connectivity index (χ0n) is 13.2. The first kappa shape index (κ1) is 17.1. The van der Waals surface area contributed by atoms with E-state index >= 15 is 0 Å². The van der Waals surface area contributed by atoms with E-state index < -0.39 is 11.9 Å². The van der Waals surface area contributed by atoms with E-state index in [0.29, 0.717) is 6.42 Å². The molecule has 1 aromatic heterocycles. The fraction of sp³-hybridized carbons (Fsp3) is 0.353. The van der Waals surface area contributed by atoms with E-state index in [0.717, 1.165) is 21.8 Å². The third kappa shape index (κ3) is 5.49. The normalized spacial score (nSPS) is 11.9. The van der Waals surface area contributed by atoms with Crippen molar-refractivity contribution in [2.24, 2.45) is 5.92 Å². The lowest BCUT2D eigenvalue weighted by atomic mass is 9.98. The van der Waals surface area contributed by atoms with Crippen LogP contribution in [0.25, 0.3) is 0 Å². The molecule has 5 nitrogen and oxygen atoms in total. The summed E-state index contributed by atoms with van der Waals surface area (Å²) in [4.78, 5) is 27.5. The summed E-state index contributed by atoms with van der Waals surface area (Å²) in [7, 11) is 0. The van der Waals surface area contributed by atoms with E-state index in [1.54, 1.807) is 0 Å². The second-order valence-electron chi connectivity index (χ2n) is 5.57. The Bertz CT molecular complexity index is 697. The second-order valence-corrected chi connectivity index (χ2v) is 6.63. The van der Waals surface area contributed by atoms with Gasteiger partial charge in [-0.1, -0.05) is 29.8 Å². The topological polar surface area (TPSA) is 79.3 Å². The number of nitrogens with one attached hydrogen (secondary N) is 1. The summed E-state index contributed by atoms with van der Waals surface area (Å²) >= 11 is 1.49. The van der Waals surface area contributed by atoms with Crippen molar-refractivity contribution in [1.82, 2.24) is 10.3 Å². The van der Waals surface area contributed by atoms with Gasteiger partial charge in [0.05, 0.1) is 23.0 Å². The highest BCUT2D eigenvalue weighted by Crippen LogP contribution is 2.12. The van der Waals surface area contributed by atoms with Crippen molar-refractivity contribution in [3.63, 3.8) is 0 Å². The molecule has 1 amide bonds. The molecule has 1 heterocycles. The Morgan fingerprint density at radius 3 is 2.74 bits per heavy atom. The number of aryl methyl sites for hydroxylation is 2. The smallest absolute Gasteiger partial charge is 0.308 e. The molecule has 0 aliphatic heterocycles. The number of hydrogen-bond acceptors (Lipinski definition) is 4. The standard InChI is InChI=1S/C17H20N2O3S/c1-11-4-3-5-13(6-11)7-14(17(21)22)9-18-16(20)8-15-10-23-12(2)19-15/h3-6,10,14H,7-9H2,1-2H3,(H,18,20)(H,21,22). The van der Waals surface area contributed by atoms with Gasteiger partial charge in [-0.05, 0) is 25.8 Å². The third-order valence-electron chi connectivity index (χ3n) is 3.47. The Morgan fingerprint density at radius 1 is 1.35 bits per heavy atom. The Morgan fingerprint density at radius 2 is 2.13 bits per heavy atom. The zero-order chi connectivity index (χ0) is 16.8. The van der Waals surface area contributed by atoms with Gasteiger partial charge in [0.15, 0.2) is 0 Å². The van der Waals surface area contributed by atoms with Crippen LogP contribution in [0, 0.1) is 19.8 Å². The number of benzene rings is 1. The van der Waals surface area contributed by atoms with Crippen molar-refractivity contribution in [3.05, 3.63) is 51.5 Å². The maximum Gasteiger partial charge on any atom is 0.308 e. The molecule has 0 saturated heterocycles. The first-order valence-electron chi connectivity index (χ1n) is 7.40. The summed E-state index contributed by atoms with van der Waals surface area (Å²) in [5.74, 6) is -1.75. The number of carboxylic acid groups (broad SMARTS) is 1. The molecule has 2 aromatic rings. The van der Waals surface area contributed by atoms with Gasteiger partial charge in [-0.25, -0.2) is 4.98 Å². The molecule has 2 N–H and O–H groups in total. The van der Waals surface area contributed by atoms with Crippen LogP contribution in [0.15, 0.2) is 29.6 Å². The molecule has 1 aromatic carbocycles. The molecule has 1 unspecified atom stereocenters. The van der Waals surface area contributed by atoms with Gasteiger partial charge < -0.3 is 10.4 Å². The van der Waals surface area contributed by atoms with Crippen LogP contribution >= 0.6 is 11.3 Å². The first-order valence-corrected chi connectivity index (χ1v) is 8.28. The van der Waals surface area contributed by atoms with Crippen molar-refractivity contribution in [2.45, 2.75) is 26.7 Å².